The molecule has 0 bridgehead atoms. The van der Waals surface area contributed by atoms with Crippen molar-refractivity contribution in [3.63, 3.8) is 0 Å². The fourth-order valence-corrected chi connectivity index (χ4v) is 2.09. The predicted octanol–water partition coefficient (Wildman–Crippen LogP) is 2.78. The van der Waals surface area contributed by atoms with Gasteiger partial charge >= 0.3 is 0 Å². The van der Waals surface area contributed by atoms with Crippen LogP contribution in [0.2, 0.25) is 0 Å². The maximum Gasteiger partial charge on any atom is 0.291 e. The maximum atomic E-state index is 11.9. The van der Waals surface area contributed by atoms with Gasteiger partial charge in [0.1, 0.15) is 5.69 Å². The Morgan fingerprint density at radius 2 is 1.91 bits per heavy atom. The molecule has 0 spiro atoms. The van der Waals surface area contributed by atoms with Gasteiger partial charge in [0.2, 0.25) is 0 Å². The molecule has 1 amide bonds. The minimum absolute atomic E-state index is 0.234. The summed E-state index contributed by atoms with van der Waals surface area (Å²) in [5.74, 6) is -0.381. The number of nitrogens with zero attached hydrogens (tertiary/aromatic N) is 3. The van der Waals surface area contributed by atoms with E-state index in [1.165, 1.54) is 24.0 Å². The van der Waals surface area contributed by atoms with Crippen molar-refractivity contribution in [3.05, 3.63) is 72.3 Å². The predicted molar refractivity (Wildman–Crippen MR) is 85.7 cm³/mol. The zero-order valence-corrected chi connectivity index (χ0v) is 12.0. The van der Waals surface area contributed by atoms with Gasteiger partial charge in [0, 0.05) is 12.4 Å². The summed E-state index contributed by atoms with van der Waals surface area (Å²) >= 11 is 0. The number of hydrogen-bond donors (Lipinski definition) is 1. The van der Waals surface area contributed by atoms with Gasteiger partial charge in [0.15, 0.2) is 0 Å². The highest BCUT2D eigenvalue weighted by Crippen LogP contribution is 2.16. The summed E-state index contributed by atoms with van der Waals surface area (Å²) in [4.78, 5) is 19.7. The van der Waals surface area contributed by atoms with E-state index in [0.29, 0.717) is 0 Å². The van der Waals surface area contributed by atoms with Gasteiger partial charge in [-0.15, -0.1) is 0 Å². The SMILES string of the molecule is CC(=NNC(=O)c1cnccn1)c1ccc2ccccc2c1. The normalized spacial score (nSPS) is 11.4. The van der Waals surface area contributed by atoms with Gasteiger partial charge in [-0.2, -0.15) is 5.10 Å². The molecule has 0 aliphatic heterocycles. The highest BCUT2D eigenvalue weighted by molar-refractivity contribution is 6.03. The van der Waals surface area contributed by atoms with Gasteiger partial charge < -0.3 is 0 Å². The summed E-state index contributed by atoms with van der Waals surface area (Å²) in [5.41, 5.74) is 4.41. The minimum Gasteiger partial charge on any atom is -0.265 e. The lowest BCUT2D eigenvalue weighted by Gasteiger charge is -2.04. The molecular weight excluding hydrogens is 276 g/mol. The molecular formula is C17H14N4O. The van der Waals surface area contributed by atoms with E-state index in [9.17, 15) is 4.79 Å². The van der Waals surface area contributed by atoms with Gasteiger partial charge in [-0.05, 0) is 29.3 Å². The Kier molecular flexibility index (Phi) is 3.87. The molecule has 0 aliphatic rings. The Morgan fingerprint density at radius 1 is 1.09 bits per heavy atom. The van der Waals surface area contributed by atoms with Gasteiger partial charge in [-0.3, -0.25) is 9.78 Å². The molecule has 5 nitrogen and oxygen atoms in total. The Morgan fingerprint density at radius 3 is 2.68 bits per heavy atom. The Hall–Kier alpha value is -3.08. The molecule has 0 fully saturated rings. The van der Waals surface area contributed by atoms with Crippen LogP contribution < -0.4 is 5.43 Å². The third kappa shape index (κ3) is 2.98. The quantitative estimate of drug-likeness (QED) is 0.596. The number of amides is 1. The fraction of sp³-hybridized carbons (Fsp3) is 0.0588. The van der Waals surface area contributed by atoms with Crippen LogP contribution in [0.15, 0.2) is 66.2 Å². The van der Waals surface area contributed by atoms with Crippen molar-refractivity contribution in [2.75, 3.05) is 0 Å². The first kappa shape index (κ1) is 13.9. The standard InChI is InChI=1S/C17H14N4O/c1-12(20-21-17(22)16-11-18-8-9-19-16)14-7-6-13-4-2-3-5-15(13)10-14/h2-11H,1H3,(H,21,22). The van der Waals surface area contributed by atoms with Crippen molar-refractivity contribution in [2.45, 2.75) is 6.92 Å². The number of benzene rings is 2. The number of carbonyl (C=O) groups is 1. The van der Waals surface area contributed by atoms with Crippen molar-refractivity contribution in [1.82, 2.24) is 15.4 Å². The van der Waals surface area contributed by atoms with Crippen LogP contribution in [-0.4, -0.2) is 21.6 Å². The molecule has 3 rings (SSSR count). The van der Waals surface area contributed by atoms with Gasteiger partial charge in [0.25, 0.3) is 5.91 Å². The van der Waals surface area contributed by atoms with E-state index in [1.807, 2.05) is 43.3 Å². The lowest BCUT2D eigenvalue weighted by molar-refractivity contribution is 0.0949. The lowest BCUT2D eigenvalue weighted by Crippen LogP contribution is -2.20. The summed E-state index contributed by atoms with van der Waals surface area (Å²) in [6, 6.07) is 14.2. The second-order valence-electron chi connectivity index (χ2n) is 4.79. The average Bonchev–Trinajstić information content (AvgIpc) is 2.59. The minimum atomic E-state index is -0.381. The number of carbonyl (C=O) groups excluding carboxylic acids is 1. The Bertz CT molecular complexity index is 843. The van der Waals surface area contributed by atoms with E-state index in [0.717, 1.165) is 16.7 Å². The topological polar surface area (TPSA) is 67.2 Å². The Labute approximate surface area is 127 Å². The molecule has 3 aromatic rings. The first-order valence-corrected chi connectivity index (χ1v) is 6.84. The number of fused-ring (bicyclic) bond motifs is 1. The van der Waals surface area contributed by atoms with Crippen LogP contribution >= 0.6 is 0 Å². The summed E-state index contributed by atoms with van der Waals surface area (Å²) in [5, 5.41) is 6.43. The van der Waals surface area contributed by atoms with E-state index in [1.54, 1.807) is 0 Å². The second-order valence-corrected chi connectivity index (χ2v) is 4.79. The molecule has 108 valence electrons. The third-order valence-corrected chi connectivity index (χ3v) is 3.29. The average molecular weight is 290 g/mol. The molecule has 0 unspecified atom stereocenters. The molecule has 22 heavy (non-hydrogen) atoms. The van der Waals surface area contributed by atoms with Gasteiger partial charge in [-0.25, -0.2) is 10.4 Å². The van der Waals surface area contributed by atoms with Crippen LogP contribution in [0.1, 0.15) is 23.0 Å². The number of hydrogen-bond acceptors (Lipinski definition) is 4. The van der Waals surface area contributed by atoms with Crippen molar-refractivity contribution < 1.29 is 4.79 Å². The zero-order chi connectivity index (χ0) is 15.4. The van der Waals surface area contributed by atoms with Crippen molar-refractivity contribution in [3.8, 4) is 0 Å². The number of nitrogens with one attached hydrogen (secondary N) is 1. The van der Waals surface area contributed by atoms with E-state index >= 15 is 0 Å². The molecule has 2 aromatic carbocycles. The Balaban J connectivity index is 1.80. The molecule has 1 aromatic heterocycles. The molecule has 1 N–H and O–H groups in total. The van der Waals surface area contributed by atoms with Crippen LogP contribution in [0.4, 0.5) is 0 Å². The van der Waals surface area contributed by atoms with E-state index < -0.39 is 0 Å². The molecule has 5 heteroatoms. The van der Waals surface area contributed by atoms with Crippen LogP contribution in [0.3, 0.4) is 0 Å². The van der Waals surface area contributed by atoms with E-state index in [2.05, 4.69) is 26.6 Å². The first-order chi connectivity index (χ1) is 10.7. The van der Waals surface area contributed by atoms with Crippen LogP contribution in [-0.2, 0) is 0 Å². The van der Waals surface area contributed by atoms with E-state index in [-0.39, 0.29) is 11.6 Å². The fourth-order valence-electron chi connectivity index (χ4n) is 2.09. The summed E-state index contributed by atoms with van der Waals surface area (Å²) in [6.45, 7) is 1.85. The van der Waals surface area contributed by atoms with Crippen LogP contribution in [0, 0.1) is 0 Å². The molecule has 1 heterocycles. The molecule has 0 aliphatic carbocycles. The second kappa shape index (κ2) is 6.13. The van der Waals surface area contributed by atoms with Gasteiger partial charge in [0.05, 0.1) is 11.9 Å². The van der Waals surface area contributed by atoms with Crippen molar-refractivity contribution >= 4 is 22.4 Å². The molecule has 0 atom stereocenters. The van der Waals surface area contributed by atoms with Gasteiger partial charge in [-0.1, -0.05) is 36.4 Å². The molecule has 0 radical (unpaired) electrons. The highest BCUT2D eigenvalue weighted by Gasteiger charge is 2.06. The highest BCUT2D eigenvalue weighted by atomic mass is 16.2. The van der Waals surface area contributed by atoms with E-state index in [4.69, 9.17) is 0 Å². The summed E-state index contributed by atoms with van der Waals surface area (Å²) < 4.78 is 0. The molecule has 0 saturated heterocycles. The van der Waals surface area contributed by atoms with Crippen molar-refractivity contribution in [2.24, 2.45) is 5.10 Å². The first-order valence-electron chi connectivity index (χ1n) is 6.84. The largest absolute Gasteiger partial charge is 0.291 e. The zero-order valence-electron chi connectivity index (χ0n) is 12.0. The third-order valence-electron chi connectivity index (χ3n) is 3.29. The number of aromatic nitrogens is 2. The monoisotopic (exact) mass is 290 g/mol. The molecule has 0 saturated carbocycles. The maximum absolute atomic E-state index is 11.9. The van der Waals surface area contributed by atoms with Crippen LogP contribution in [0.25, 0.3) is 10.8 Å². The summed E-state index contributed by atoms with van der Waals surface area (Å²) in [6.07, 6.45) is 4.38. The van der Waals surface area contributed by atoms with Crippen molar-refractivity contribution in [1.29, 1.82) is 0 Å². The number of rotatable bonds is 3. The lowest BCUT2D eigenvalue weighted by atomic mass is 10.0. The summed E-state index contributed by atoms with van der Waals surface area (Å²) in [7, 11) is 0. The van der Waals surface area contributed by atoms with Crippen LogP contribution in [0.5, 0.6) is 0 Å². The number of hydrazone groups is 1. The smallest absolute Gasteiger partial charge is 0.265 e.